The zero-order chi connectivity index (χ0) is 27.5. The number of aromatic nitrogens is 3. The van der Waals surface area contributed by atoms with Crippen molar-refractivity contribution in [3.05, 3.63) is 60.1 Å². The number of aryl methyl sites for hydroxylation is 1. The average Bonchev–Trinajstić information content (AvgIpc) is 3.44. The first-order valence-electron chi connectivity index (χ1n) is 13.3. The summed E-state index contributed by atoms with van der Waals surface area (Å²) in [5, 5.41) is 2.81. The van der Waals surface area contributed by atoms with E-state index in [-0.39, 0.29) is 29.8 Å². The third-order valence-electron chi connectivity index (χ3n) is 7.39. The third kappa shape index (κ3) is 5.94. The molecule has 2 aliphatic rings. The maximum Gasteiger partial charge on any atom is 0.291 e. The lowest BCUT2D eigenvalue weighted by atomic mass is 9.94. The molecule has 2 unspecified atom stereocenters. The molecule has 5 rings (SSSR count). The fraction of sp³-hybridized carbons (Fsp3) is 0.429. The van der Waals surface area contributed by atoms with Crippen molar-refractivity contribution < 1.29 is 18.7 Å². The number of H-pyrrole nitrogens is 1. The summed E-state index contributed by atoms with van der Waals surface area (Å²) in [5.74, 6) is -0.826. The fourth-order valence-electron chi connectivity index (χ4n) is 5.22. The summed E-state index contributed by atoms with van der Waals surface area (Å²) in [6.07, 6.45) is 4.30. The Morgan fingerprint density at radius 1 is 1.21 bits per heavy atom. The van der Waals surface area contributed by atoms with Crippen LogP contribution in [0.15, 0.2) is 42.7 Å². The highest BCUT2D eigenvalue weighted by molar-refractivity contribution is 6.04. The normalized spacial score (nSPS) is 19.1. The van der Waals surface area contributed by atoms with Crippen molar-refractivity contribution in [2.24, 2.45) is 11.7 Å². The number of carbonyl (C=O) groups excluding carboxylic acids is 2. The molecule has 0 spiro atoms. The predicted molar refractivity (Wildman–Crippen MR) is 146 cm³/mol. The van der Waals surface area contributed by atoms with Gasteiger partial charge in [-0.2, -0.15) is 0 Å². The van der Waals surface area contributed by atoms with Gasteiger partial charge in [0.25, 0.3) is 5.91 Å². The van der Waals surface area contributed by atoms with Crippen molar-refractivity contribution in [1.29, 1.82) is 0 Å². The maximum atomic E-state index is 15.1. The number of morpholine rings is 1. The minimum Gasteiger partial charge on any atom is -0.373 e. The molecule has 4 N–H and O–H groups in total. The number of para-hydroxylation sites is 1. The minimum absolute atomic E-state index is 0.101. The van der Waals surface area contributed by atoms with Crippen LogP contribution in [0.4, 0.5) is 15.8 Å². The van der Waals surface area contributed by atoms with E-state index in [0.717, 1.165) is 11.3 Å². The van der Waals surface area contributed by atoms with Crippen LogP contribution in [-0.2, 0) is 9.53 Å². The van der Waals surface area contributed by atoms with Crippen molar-refractivity contribution in [2.45, 2.75) is 38.8 Å². The van der Waals surface area contributed by atoms with Crippen LogP contribution in [0, 0.1) is 18.7 Å². The monoisotopic (exact) mass is 535 g/mol. The molecule has 0 bridgehead atoms. The van der Waals surface area contributed by atoms with Gasteiger partial charge in [0.2, 0.25) is 5.91 Å². The smallest absolute Gasteiger partial charge is 0.291 e. The molecule has 11 heteroatoms. The summed E-state index contributed by atoms with van der Waals surface area (Å²) < 4.78 is 20.8. The van der Waals surface area contributed by atoms with Crippen LogP contribution in [0.3, 0.4) is 0 Å². The molecule has 39 heavy (non-hydrogen) atoms. The summed E-state index contributed by atoms with van der Waals surface area (Å²) >= 11 is 0. The Balaban J connectivity index is 1.25. The zero-order valence-corrected chi connectivity index (χ0v) is 22.2. The molecule has 2 fully saturated rings. The highest BCUT2D eigenvalue weighted by Gasteiger charge is 2.33. The van der Waals surface area contributed by atoms with E-state index in [0.29, 0.717) is 62.7 Å². The molecule has 4 heterocycles. The summed E-state index contributed by atoms with van der Waals surface area (Å²) in [7, 11) is 0. The molecule has 2 atom stereocenters. The molecule has 2 aliphatic heterocycles. The largest absolute Gasteiger partial charge is 0.373 e. The number of anilines is 2. The second kappa shape index (κ2) is 11.5. The van der Waals surface area contributed by atoms with Gasteiger partial charge in [0.15, 0.2) is 5.82 Å². The van der Waals surface area contributed by atoms with Gasteiger partial charge in [-0.15, -0.1) is 0 Å². The first kappa shape index (κ1) is 26.8. The number of ether oxygens (including phenoxy) is 1. The second-order valence-electron chi connectivity index (χ2n) is 10.2. The standard InChI is InChI=1S/C28H34FN7O3/c1-17-14-20(6-9-31-17)23-15-32-26(33-23)27(37)34-22-5-3-4-21(29)25(22)35-10-7-19(8-11-35)28(38)36-12-13-39-24(16-36)18(2)30/h3-6,9,14-15,18-19,24H,7-8,10-13,16,30H2,1-2H3,(H,32,33)(H,34,37). The van der Waals surface area contributed by atoms with E-state index in [1.807, 2.05) is 35.8 Å². The number of nitrogens with two attached hydrogens (primary N) is 1. The minimum atomic E-state index is -0.472. The molecule has 2 saturated heterocycles. The number of nitrogens with zero attached hydrogens (tertiary/aromatic N) is 4. The number of benzene rings is 1. The number of hydrogen-bond donors (Lipinski definition) is 3. The van der Waals surface area contributed by atoms with Gasteiger partial charge in [0.1, 0.15) is 5.82 Å². The zero-order valence-electron chi connectivity index (χ0n) is 22.2. The van der Waals surface area contributed by atoms with Gasteiger partial charge >= 0.3 is 0 Å². The van der Waals surface area contributed by atoms with Gasteiger partial charge in [0.05, 0.1) is 36.0 Å². The van der Waals surface area contributed by atoms with Crippen LogP contribution >= 0.6 is 0 Å². The number of imidazole rings is 1. The van der Waals surface area contributed by atoms with E-state index < -0.39 is 11.7 Å². The van der Waals surface area contributed by atoms with Gasteiger partial charge in [0, 0.05) is 55.6 Å². The van der Waals surface area contributed by atoms with Crippen molar-refractivity contribution >= 4 is 23.2 Å². The van der Waals surface area contributed by atoms with Crippen LogP contribution < -0.4 is 16.0 Å². The highest BCUT2D eigenvalue weighted by Crippen LogP contribution is 2.33. The Bertz CT molecular complexity index is 1340. The summed E-state index contributed by atoms with van der Waals surface area (Å²) in [4.78, 5) is 41.4. The number of pyridine rings is 1. The molecule has 2 aromatic heterocycles. The van der Waals surface area contributed by atoms with Crippen molar-refractivity contribution in [2.75, 3.05) is 43.0 Å². The Kier molecular flexibility index (Phi) is 7.89. The molecular weight excluding hydrogens is 501 g/mol. The maximum absolute atomic E-state index is 15.1. The number of rotatable bonds is 6. The number of carbonyl (C=O) groups is 2. The third-order valence-corrected chi connectivity index (χ3v) is 7.39. The molecule has 206 valence electrons. The van der Waals surface area contributed by atoms with Gasteiger partial charge in [-0.1, -0.05) is 6.07 Å². The second-order valence-corrected chi connectivity index (χ2v) is 10.2. The Morgan fingerprint density at radius 2 is 2.00 bits per heavy atom. The van der Waals surface area contributed by atoms with Crippen LogP contribution in [0.1, 0.15) is 36.1 Å². The number of halogens is 1. The fourth-order valence-corrected chi connectivity index (χ4v) is 5.22. The number of piperidine rings is 1. The SMILES string of the molecule is Cc1cc(-c2cnc(C(=O)Nc3cccc(F)c3N3CCC(C(=O)N4CCOC(C(C)N)C4)CC3)[nH]2)ccn1. The lowest BCUT2D eigenvalue weighted by Gasteiger charge is -2.39. The molecule has 10 nitrogen and oxygen atoms in total. The summed E-state index contributed by atoms with van der Waals surface area (Å²) in [6, 6.07) is 8.18. The number of amides is 2. The number of nitrogens with one attached hydrogen (secondary N) is 2. The first-order valence-corrected chi connectivity index (χ1v) is 13.3. The van der Waals surface area contributed by atoms with Crippen molar-refractivity contribution in [3.63, 3.8) is 0 Å². The average molecular weight is 536 g/mol. The van der Waals surface area contributed by atoms with Crippen LogP contribution in [0.5, 0.6) is 0 Å². The first-order chi connectivity index (χ1) is 18.8. The lowest BCUT2D eigenvalue weighted by molar-refractivity contribution is -0.144. The van der Waals surface area contributed by atoms with Crippen molar-refractivity contribution in [3.8, 4) is 11.3 Å². The van der Waals surface area contributed by atoms with Gasteiger partial charge in [-0.05, 0) is 51.0 Å². The van der Waals surface area contributed by atoms with E-state index >= 15 is 4.39 Å². The van der Waals surface area contributed by atoms with Crippen LogP contribution in [-0.4, -0.2) is 76.6 Å². The highest BCUT2D eigenvalue weighted by atomic mass is 19.1. The molecule has 3 aromatic rings. The number of hydrogen-bond acceptors (Lipinski definition) is 7. The Hall–Kier alpha value is -3.83. The van der Waals surface area contributed by atoms with Gasteiger partial charge < -0.3 is 30.6 Å². The van der Waals surface area contributed by atoms with Crippen LogP contribution in [0.25, 0.3) is 11.3 Å². The topological polar surface area (TPSA) is 129 Å². The summed E-state index contributed by atoms with van der Waals surface area (Å²) in [5.41, 5.74) is 9.05. The summed E-state index contributed by atoms with van der Waals surface area (Å²) in [6.45, 7) is 6.29. The van der Waals surface area contributed by atoms with E-state index in [1.165, 1.54) is 6.07 Å². The Morgan fingerprint density at radius 3 is 2.74 bits per heavy atom. The van der Waals surface area contributed by atoms with E-state index in [1.54, 1.807) is 24.5 Å². The molecule has 0 radical (unpaired) electrons. The molecule has 2 amide bonds. The van der Waals surface area contributed by atoms with E-state index in [9.17, 15) is 9.59 Å². The lowest BCUT2D eigenvalue weighted by Crippen LogP contribution is -2.53. The quantitative estimate of drug-likeness (QED) is 0.443. The van der Waals surface area contributed by atoms with Crippen LogP contribution in [0.2, 0.25) is 0 Å². The van der Waals surface area contributed by atoms with E-state index in [2.05, 4.69) is 20.3 Å². The molecule has 0 saturated carbocycles. The van der Waals surface area contributed by atoms with Gasteiger partial charge in [-0.25, -0.2) is 9.37 Å². The molecular formula is C28H34FN7O3. The van der Waals surface area contributed by atoms with Gasteiger partial charge in [-0.3, -0.25) is 14.6 Å². The predicted octanol–water partition coefficient (Wildman–Crippen LogP) is 2.96. The molecule has 1 aromatic carbocycles. The number of aromatic amines is 1. The molecule has 0 aliphatic carbocycles. The van der Waals surface area contributed by atoms with Crippen molar-refractivity contribution in [1.82, 2.24) is 19.9 Å². The Labute approximate surface area is 226 Å². The van der Waals surface area contributed by atoms with E-state index in [4.69, 9.17) is 10.5 Å².